The number of ether oxygens (including phenoxy) is 1. The molecule has 7 heteroatoms. The molecule has 2 heterocycles. The van der Waals surface area contributed by atoms with E-state index in [0.29, 0.717) is 11.2 Å². The topological polar surface area (TPSA) is 93.7 Å². The van der Waals surface area contributed by atoms with Crippen molar-refractivity contribution in [2.75, 3.05) is 12.4 Å². The number of benzene rings is 2. The number of para-hydroxylation sites is 1. The molecule has 2 aromatic carbocycles. The number of rotatable bonds is 6. The van der Waals surface area contributed by atoms with E-state index in [1.807, 2.05) is 53.1 Å². The molecule has 5 rings (SSSR count). The monoisotopic (exact) mass is 483 g/mol. The number of nitrogens with two attached hydrogens (primary N) is 1. The summed E-state index contributed by atoms with van der Waals surface area (Å²) in [6, 6.07) is 18.1. The molecule has 0 aliphatic heterocycles. The Labute approximate surface area is 211 Å². The average molecular weight is 484 g/mol. The molecule has 2 aromatic heterocycles. The standard InChI is InChI=1S/C29H33N5O2/c1-18-7-4-8-19(2)25(18)32-28-26(20-9-5-10-23(17-20)36-3)33-27-24(11-6-16-34(27)28)29(35)31-22-14-12-21(30)13-15-22/h4-11,16-17,21-22,32H,12-15,30H2,1-3H3,(H,31,35). The first-order chi connectivity index (χ1) is 17.4. The minimum atomic E-state index is -0.109. The van der Waals surface area contributed by atoms with Gasteiger partial charge >= 0.3 is 0 Å². The van der Waals surface area contributed by atoms with Gasteiger partial charge < -0.3 is 21.1 Å². The Kier molecular flexibility index (Phi) is 6.65. The van der Waals surface area contributed by atoms with Crippen LogP contribution in [0.15, 0.2) is 60.8 Å². The third-order valence-corrected chi connectivity index (χ3v) is 7.07. The molecule has 36 heavy (non-hydrogen) atoms. The number of pyridine rings is 1. The molecule has 0 spiro atoms. The largest absolute Gasteiger partial charge is 0.497 e. The molecule has 4 aromatic rings. The van der Waals surface area contributed by atoms with E-state index >= 15 is 0 Å². The number of aryl methyl sites for hydroxylation is 2. The van der Waals surface area contributed by atoms with Gasteiger partial charge in [0.25, 0.3) is 5.91 Å². The molecule has 0 unspecified atom stereocenters. The van der Waals surface area contributed by atoms with Gasteiger partial charge in [0.1, 0.15) is 17.3 Å². The molecule has 1 fully saturated rings. The molecule has 0 saturated heterocycles. The normalized spacial score (nSPS) is 17.7. The van der Waals surface area contributed by atoms with Crippen molar-refractivity contribution in [3.05, 3.63) is 77.5 Å². The minimum absolute atomic E-state index is 0.109. The summed E-state index contributed by atoms with van der Waals surface area (Å²) in [5.41, 5.74) is 12.1. The van der Waals surface area contributed by atoms with Gasteiger partial charge in [0.05, 0.1) is 12.7 Å². The molecule has 1 aliphatic rings. The summed E-state index contributed by atoms with van der Waals surface area (Å²) in [5.74, 6) is 1.44. The zero-order valence-electron chi connectivity index (χ0n) is 21.0. The SMILES string of the molecule is COc1cccc(-c2nc3c(C(=O)NC4CCC(N)CC4)cccn3c2Nc2c(C)cccc2C)c1. The lowest BCUT2D eigenvalue weighted by molar-refractivity contribution is 0.0927. The van der Waals surface area contributed by atoms with Gasteiger partial charge in [-0.05, 0) is 74.9 Å². The van der Waals surface area contributed by atoms with E-state index in [1.165, 1.54) is 0 Å². The van der Waals surface area contributed by atoms with Crippen molar-refractivity contribution in [3.63, 3.8) is 0 Å². The molecule has 186 valence electrons. The van der Waals surface area contributed by atoms with Crippen LogP contribution in [0.4, 0.5) is 11.5 Å². The number of nitrogens with one attached hydrogen (secondary N) is 2. The highest BCUT2D eigenvalue weighted by atomic mass is 16.5. The lowest BCUT2D eigenvalue weighted by Gasteiger charge is -2.26. The Morgan fingerprint density at radius 1 is 1.03 bits per heavy atom. The Bertz CT molecular complexity index is 1380. The quantitative estimate of drug-likeness (QED) is 0.343. The lowest BCUT2D eigenvalue weighted by atomic mass is 9.91. The molecular weight excluding hydrogens is 450 g/mol. The van der Waals surface area contributed by atoms with Gasteiger partial charge in [-0.15, -0.1) is 0 Å². The first-order valence-corrected chi connectivity index (χ1v) is 12.5. The fourth-order valence-electron chi connectivity index (χ4n) is 4.99. The van der Waals surface area contributed by atoms with Crippen LogP contribution in [0.2, 0.25) is 0 Å². The molecule has 0 atom stereocenters. The van der Waals surface area contributed by atoms with Crippen molar-refractivity contribution in [2.45, 2.75) is 51.6 Å². The highest BCUT2D eigenvalue weighted by Crippen LogP contribution is 2.35. The first-order valence-electron chi connectivity index (χ1n) is 12.5. The van der Waals surface area contributed by atoms with E-state index in [9.17, 15) is 4.79 Å². The molecule has 0 radical (unpaired) electrons. The van der Waals surface area contributed by atoms with Crippen molar-refractivity contribution in [3.8, 4) is 17.0 Å². The minimum Gasteiger partial charge on any atom is -0.497 e. The fraction of sp³-hybridized carbons (Fsp3) is 0.310. The second-order valence-electron chi connectivity index (χ2n) is 9.63. The number of anilines is 2. The van der Waals surface area contributed by atoms with Crippen LogP contribution in [-0.2, 0) is 0 Å². The van der Waals surface area contributed by atoms with Crippen LogP contribution >= 0.6 is 0 Å². The molecule has 1 aliphatic carbocycles. The second kappa shape index (κ2) is 10.0. The smallest absolute Gasteiger partial charge is 0.255 e. The van der Waals surface area contributed by atoms with Gasteiger partial charge in [0.15, 0.2) is 5.65 Å². The van der Waals surface area contributed by atoms with E-state index in [1.54, 1.807) is 7.11 Å². The maximum absolute atomic E-state index is 13.4. The summed E-state index contributed by atoms with van der Waals surface area (Å²) >= 11 is 0. The second-order valence-corrected chi connectivity index (χ2v) is 9.63. The Balaban J connectivity index is 1.61. The maximum atomic E-state index is 13.4. The van der Waals surface area contributed by atoms with Gasteiger partial charge in [-0.3, -0.25) is 9.20 Å². The maximum Gasteiger partial charge on any atom is 0.255 e. The number of amides is 1. The van der Waals surface area contributed by atoms with Crippen molar-refractivity contribution in [1.29, 1.82) is 0 Å². The number of imidazole rings is 1. The number of hydrogen-bond donors (Lipinski definition) is 3. The number of carbonyl (C=O) groups excluding carboxylic acids is 1. The summed E-state index contributed by atoms with van der Waals surface area (Å²) in [4.78, 5) is 18.4. The van der Waals surface area contributed by atoms with E-state index in [0.717, 1.165) is 65.3 Å². The summed E-state index contributed by atoms with van der Waals surface area (Å²) in [6.45, 7) is 4.16. The van der Waals surface area contributed by atoms with Crippen LogP contribution in [0.1, 0.15) is 47.2 Å². The number of fused-ring (bicyclic) bond motifs is 1. The third-order valence-electron chi connectivity index (χ3n) is 7.07. The van der Waals surface area contributed by atoms with Gasteiger partial charge in [0, 0.05) is 29.5 Å². The molecule has 0 bridgehead atoms. The van der Waals surface area contributed by atoms with E-state index in [2.05, 4.69) is 36.6 Å². The Hall–Kier alpha value is -3.84. The first kappa shape index (κ1) is 23.9. The van der Waals surface area contributed by atoms with Crippen LogP contribution in [0.25, 0.3) is 16.9 Å². The molecule has 1 saturated carbocycles. The number of nitrogens with zero attached hydrogens (tertiary/aromatic N) is 2. The fourth-order valence-corrected chi connectivity index (χ4v) is 4.99. The van der Waals surface area contributed by atoms with Crippen LogP contribution in [-0.4, -0.2) is 34.5 Å². The van der Waals surface area contributed by atoms with Gasteiger partial charge in [-0.2, -0.15) is 0 Å². The van der Waals surface area contributed by atoms with Crippen molar-refractivity contribution in [2.24, 2.45) is 5.73 Å². The van der Waals surface area contributed by atoms with Crippen LogP contribution in [0, 0.1) is 13.8 Å². The Morgan fingerprint density at radius 3 is 2.47 bits per heavy atom. The van der Waals surface area contributed by atoms with Gasteiger partial charge in [0.2, 0.25) is 0 Å². The number of hydrogen-bond acceptors (Lipinski definition) is 5. The summed E-state index contributed by atoms with van der Waals surface area (Å²) < 4.78 is 7.44. The summed E-state index contributed by atoms with van der Waals surface area (Å²) in [5, 5.41) is 6.85. The lowest BCUT2D eigenvalue weighted by Crippen LogP contribution is -2.40. The van der Waals surface area contributed by atoms with Crippen LogP contribution in [0.3, 0.4) is 0 Å². The van der Waals surface area contributed by atoms with E-state index in [4.69, 9.17) is 15.5 Å². The number of methoxy groups -OCH3 is 1. The predicted molar refractivity (Wildman–Crippen MR) is 144 cm³/mol. The summed E-state index contributed by atoms with van der Waals surface area (Å²) in [7, 11) is 1.65. The average Bonchev–Trinajstić information content (AvgIpc) is 3.26. The van der Waals surface area contributed by atoms with Gasteiger partial charge in [-0.1, -0.05) is 30.3 Å². The summed E-state index contributed by atoms with van der Waals surface area (Å²) in [6.07, 6.45) is 5.61. The third kappa shape index (κ3) is 4.66. The number of carbonyl (C=O) groups is 1. The molecule has 1 amide bonds. The van der Waals surface area contributed by atoms with Crippen LogP contribution < -0.4 is 21.1 Å². The van der Waals surface area contributed by atoms with E-state index < -0.39 is 0 Å². The zero-order chi connectivity index (χ0) is 25.2. The van der Waals surface area contributed by atoms with Gasteiger partial charge in [-0.25, -0.2) is 4.98 Å². The predicted octanol–water partition coefficient (Wildman–Crippen LogP) is 5.37. The molecule has 4 N–H and O–H groups in total. The van der Waals surface area contributed by atoms with Crippen molar-refractivity contribution < 1.29 is 9.53 Å². The molecular formula is C29H33N5O2. The van der Waals surface area contributed by atoms with Crippen molar-refractivity contribution >= 4 is 23.1 Å². The highest BCUT2D eigenvalue weighted by Gasteiger charge is 2.24. The Morgan fingerprint density at radius 2 is 1.75 bits per heavy atom. The molecule has 7 nitrogen and oxygen atoms in total. The van der Waals surface area contributed by atoms with Crippen molar-refractivity contribution in [1.82, 2.24) is 14.7 Å². The zero-order valence-corrected chi connectivity index (χ0v) is 21.0. The van der Waals surface area contributed by atoms with E-state index in [-0.39, 0.29) is 18.0 Å². The number of aromatic nitrogens is 2. The van der Waals surface area contributed by atoms with Crippen LogP contribution in [0.5, 0.6) is 5.75 Å². The highest BCUT2D eigenvalue weighted by molar-refractivity contribution is 6.01.